The average Bonchev–Trinajstić information content (AvgIpc) is 2.62. The zero-order chi connectivity index (χ0) is 17.4. The quantitative estimate of drug-likeness (QED) is 0.498. The lowest BCUT2D eigenvalue weighted by molar-refractivity contribution is -0.121. The number of amides is 1. The van der Waals surface area contributed by atoms with E-state index in [1.165, 1.54) is 12.4 Å². The van der Waals surface area contributed by atoms with Crippen LogP contribution in [0.4, 0.5) is 5.69 Å². The Morgan fingerprint density at radius 1 is 1.12 bits per heavy atom. The second-order valence-corrected chi connectivity index (χ2v) is 4.93. The van der Waals surface area contributed by atoms with Gasteiger partial charge in [0.2, 0.25) is 5.91 Å². The Kier molecular flexibility index (Phi) is 5.99. The van der Waals surface area contributed by atoms with Crippen molar-refractivity contribution in [3.05, 3.63) is 78.0 Å². The monoisotopic (exact) mass is 321 g/mol. The van der Waals surface area contributed by atoms with Crippen molar-refractivity contribution in [1.82, 2.24) is 5.32 Å². The molecular formula is C18H19N5O. The van der Waals surface area contributed by atoms with Crippen LogP contribution in [-0.2, 0) is 4.79 Å². The highest BCUT2D eigenvalue weighted by atomic mass is 16.2. The highest BCUT2D eigenvalue weighted by Crippen LogP contribution is 2.24. The zero-order valence-electron chi connectivity index (χ0n) is 13.0. The molecule has 0 saturated carbocycles. The summed E-state index contributed by atoms with van der Waals surface area (Å²) in [5.41, 5.74) is 13.1. The number of benzene rings is 2. The van der Waals surface area contributed by atoms with E-state index < -0.39 is 11.9 Å². The third-order valence-electron chi connectivity index (χ3n) is 3.28. The van der Waals surface area contributed by atoms with Crippen LogP contribution in [0.25, 0.3) is 0 Å². The first-order valence-corrected chi connectivity index (χ1v) is 7.33. The second kappa shape index (κ2) is 8.40. The van der Waals surface area contributed by atoms with Crippen LogP contribution in [0.2, 0.25) is 0 Å². The Balaban J connectivity index is 2.15. The fraction of sp³-hybridized carbons (Fsp3) is 0.0556. The van der Waals surface area contributed by atoms with Gasteiger partial charge in [-0.15, -0.1) is 0 Å². The van der Waals surface area contributed by atoms with Crippen LogP contribution in [0.3, 0.4) is 0 Å². The minimum atomic E-state index is -0.940. The number of nitrogens with two attached hydrogens (primary N) is 2. The second-order valence-electron chi connectivity index (χ2n) is 4.93. The average molecular weight is 321 g/mol. The number of amidine groups is 1. The molecule has 122 valence electrons. The van der Waals surface area contributed by atoms with Crippen molar-refractivity contribution >= 4 is 23.6 Å². The van der Waals surface area contributed by atoms with Crippen molar-refractivity contribution in [3.8, 4) is 0 Å². The van der Waals surface area contributed by atoms with Crippen LogP contribution in [-0.4, -0.2) is 18.0 Å². The van der Waals surface area contributed by atoms with Gasteiger partial charge in [0.25, 0.3) is 0 Å². The Hall–Kier alpha value is -3.25. The molecule has 0 saturated heterocycles. The largest absolute Gasteiger partial charge is 0.405 e. The molecule has 2 rings (SSSR count). The molecule has 2 aromatic carbocycles. The van der Waals surface area contributed by atoms with E-state index in [9.17, 15) is 4.79 Å². The molecule has 0 spiro atoms. The van der Waals surface area contributed by atoms with E-state index in [0.717, 1.165) is 0 Å². The third-order valence-corrected chi connectivity index (χ3v) is 3.28. The summed E-state index contributed by atoms with van der Waals surface area (Å²) >= 11 is 0. The van der Waals surface area contributed by atoms with E-state index in [2.05, 4.69) is 10.3 Å². The van der Waals surface area contributed by atoms with Crippen LogP contribution in [0.1, 0.15) is 17.2 Å². The number of nitrogens with zero attached hydrogens (tertiary/aromatic N) is 1. The number of para-hydroxylation sites is 1. The summed E-state index contributed by atoms with van der Waals surface area (Å²) in [5, 5.41) is 10.5. The molecule has 0 fully saturated rings. The standard InChI is InChI=1S/C18H19N5O/c19-11-6-12-22-15-10-5-4-9-14(15)16(20)18(24)23-17(21)13-7-2-1-3-8-13/h1-12,16H,19-20H2,(H2,21,23,24)/b11-6-,22-12+. The maximum atomic E-state index is 12.3. The van der Waals surface area contributed by atoms with Crippen molar-refractivity contribution < 1.29 is 4.79 Å². The fourth-order valence-corrected chi connectivity index (χ4v) is 2.06. The molecule has 6 heteroatoms. The van der Waals surface area contributed by atoms with Crippen molar-refractivity contribution in [2.75, 3.05) is 0 Å². The number of nitrogens with one attached hydrogen (secondary N) is 2. The van der Waals surface area contributed by atoms with Crippen LogP contribution in [0.15, 0.2) is 71.9 Å². The molecule has 1 unspecified atom stereocenters. The van der Waals surface area contributed by atoms with Gasteiger partial charge >= 0.3 is 0 Å². The van der Waals surface area contributed by atoms with Gasteiger partial charge in [-0.3, -0.25) is 15.2 Å². The molecule has 1 amide bonds. The molecule has 6 N–H and O–H groups in total. The lowest BCUT2D eigenvalue weighted by Gasteiger charge is -2.15. The first-order valence-electron chi connectivity index (χ1n) is 7.33. The SMILES string of the molecule is N=C(NC(=O)C(N)c1ccccc1/N=C/C=C\N)c1ccccc1. The predicted molar refractivity (Wildman–Crippen MR) is 96.3 cm³/mol. The highest BCUT2D eigenvalue weighted by Gasteiger charge is 2.19. The highest BCUT2D eigenvalue weighted by molar-refractivity contribution is 6.07. The number of carbonyl (C=O) groups excluding carboxylic acids is 1. The number of allylic oxidation sites excluding steroid dienone is 1. The summed E-state index contributed by atoms with van der Waals surface area (Å²) in [6.45, 7) is 0. The Bertz CT molecular complexity index is 768. The number of rotatable bonds is 5. The lowest BCUT2D eigenvalue weighted by Crippen LogP contribution is -2.38. The predicted octanol–water partition coefficient (Wildman–Crippen LogP) is 2.00. The molecule has 0 aromatic heterocycles. The number of aliphatic imine (C=N–C) groups is 1. The minimum absolute atomic E-state index is 0.00287. The van der Waals surface area contributed by atoms with Crippen LogP contribution in [0, 0.1) is 5.41 Å². The molecule has 2 aromatic rings. The van der Waals surface area contributed by atoms with E-state index in [4.69, 9.17) is 16.9 Å². The number of carbonyl (C=O) groups is 1. The molecule has 24 heavy (non-hydrogen) atoms. The lowest BCUT2D eigenvalue weighted by atomic mass is 10.0. The first kappa shape index (κ1) is 17.1. The third kappa shape index (κ3) is 4.37. The zero-order valence-corrected chi connectivity index (χ0v) is 13.0. The van der Waals surface area contributed by atoms with E-state index in [1.807, 2.05) is 6.07 Å². The van der Waals surface area contributed by atoms with Gasteiger partial charge < -0.3 is 16.8 Å². The van der Waals surface area contributed by atoms with Gasteiger partial charge in [-0.2, -0.15) is 0 Å². The van der Waals surface area contributed by atoms with E-state index in [0.29, 0.717) is 16.8 Å². The topological polar surface area (TPSA) is 117 Å². The van der Waals surface area contributed by atoms with Gasteiger partial charge in [0, 0.05) is 17.3 Å². The van der Waals surface area contributed by atoms with Crippen LogP contribution < -0.4 is 16.8 Å². The molecular weight excluding hydrogens is 302 g/mol. The normalized spacial score (nSPS) is 12.4. The molecule has 0 aliphatic carbocycles. The molecule has 1 atom stereocenters. The Morgan fingerprint density at radius 2 is 1.79 bits per heavy atom. The van der Waals surface area contributed by atoms with Gasteiger partial charge in [-0.1, -0.05) is 48.5 Å². The summed E-state index contributed by atoms with van der Waals surface area (Å²) in [4.78, 5) is 16.6. The van der Waals surface area contributed by atoms with Crippen molar-refractivity contribution in [3.63, 3.8) is 0 Å². The van der Waals surface area contributed by atoms with Crippen molar-refractivity contribution in [1.29, 1.82) is 5.41 Å². The molecule has 6 nitrogen and oxygen atoms in total. The van der Waals surface area contributed by atoms with Crippen LogP contribution in [0.5, 0.6) is 0 Å². The van der Waals surface area contributed by atoms with Crippen molar-refractivity contribution in [2.45, 2.75) is 6.04 Å². The van der Waals surface area contributed by atoms with Crippen LogP contribution >= 0.6 is 0 Å². The first-order chi connectivity index (χ1) is 11.6. The van der Waals surface area contributed by atoms with Gasteiger partial charge in [0.05, 0.1) is 5.69 Å². The summed E-state index contributed by atoms with van der Waals surface area (Å²) < 4.78 is 0. The molecule has 0 bridgehead atoms. The summed E-state index contributed by atoms with van der Waals surface area (Å²) in [7, 11) is 0. The van der Waals surface area contributed by atoms with Gasteiger partial charge in [0.1, 0.15) is 11.9 Å². The van der Waals surface area contributed by atoms with Gasteiger partial charge in [-0.05, 0) is 18.3 Å². The molecule has 0 heterocycles. The van der Waals surface area contributed by atoms with Gasteiger partial charge in [0.15, 0.2) is 0 Å². The summed E-state index contributed by atoms with van der Waals surface area (Å²) in [6.07, 6.45) is 4.46. The van der Waals surface area contributed by atoms with E-state index >= 15 is 0 Å². The molecule has 0 radical (unpaired) electrons. The fourth-order valence-electron chi connectivity index (χ4n) is 2.06. The molecule has 0 aliphatic rings. The number of hydrogen-bond acceptors (Lipinski definition) is 5. The molecule has 0 aliphatic heterocycles. The maximum absolute atomic E-state index is 12.3. The summed E-state index contributed by atoms with van der Waals surface area (Å²) in [6, 6.07) is 15.0. The minimum Gasteiger partial charge on any atom is -0.405 e. The Morgan fingerprint density at radius 3 is 2.50 bits per heavy atom. The smallest absolute Gasteiger partial charge is 0.247 e. The maximum Gasteiger partial charge on any atom is 0.247 e. The van der Waals surface area contributed by atoms with E-state index in [1.54, 1.807) is 54.6 Å². The Labute approximate surface area is 140 Å². The van der Waals surface area contributed by atoms with E-state index in [-0.39, 0.29) is 5.84 Å². The number of hydrogen-bond donors (Lipinski definition) is 4. The van der Waals surface area contributed by atoms with Gasteiger partial charge in [-0.25, -0.2) is 0 Å². The summed E-state index contributed by atoms with van der Waals surface area (Å²) in [5.74, 6) is -0.469. The van der Waals surface area contributed by atoms with Crippen molar-refractivity contribution in [2.24, 2.45) is 16.5 Å².